The maximum Gasteiger partial charge on any atom is 0.235 e. The third kappa shape index (κ3) is 4.12. The number of rotatable bonds is 6. The van der Waals surface area contributed by atoms with Gasteiger partial charge >= 0.3 is 0 Å². The number of hydrogen-bond acceptors (Lipinski definition) is 4. The van der Waals surface area contributed by atoms with E-state index >= 15 is 0 Å². The second-order valence-electron chi connectivity index (χ2n) is 5.44. The first kappa shape index (κ1) is 16.3. The highest BCUT2D eigenvalue weighted by Crippen LogP contribution is 2.33. The van der Waals surface area contributed by atoms with Crippen molar-refractivity contribution in [3.05, 3.63) is 0 Å². The number of hydrogen-bond donors (Lipinski definition) is 1. The van der Waals surface area contributed by atoms with Gasteiger partial charge in [-0.15, -0.1) is 0 Å². The molecule has 0 bridgehead atoms. The molecule has 5 nitrogen and oxygen atoms in total. The number of ether oxygens (including phenoxy) is 1. The SMILES string of the molecule is CN(C)CCCN(C)C(=O)C1(C(N)=S)CCOCC1. The van der Waals surface area contributed by atoms with Crippen LogP contribution in [0.2, 0.25) is 0 Å². The summed E-state index contributed by atoms with van der Waals surface area (Å²) in [5.41, 5.74) is 5.14. The highest BCUT2D eigenvalue weighted by Gasteiger charge is 2.44. The zero-order chi connectivity index (χ0) is 14.5. The lowest BCUT2D eigenvalue weighted by atomic mass is 9.78. The summed E-state index contributed by atoms with van der Waals surface area (Å²) < 4.78 is 5.32. The van der Waals surface area contributed by atoms with Gasteiger partial charge in [-0.2, -0.15) is 0 Å². The molecule has 0 unspecified atom stereocenters. The summed E-state index contributed by atoms with van der Waals surface area (Å²) >= 11 is 5.14. The predicted molar refractivity (Wildman–Crippen MR) is 80.1 cm³/mol. The van der Waals surface area contributed by atoms with Crippen molar-refractivity contribution >= 4 is 23.1 Å². The highest BCUT2D eigenvalue weighted by atomic mass is 32.1. The standard InChI is InChI=1S/C13H25N3O2S/c1-15(2)7-4-8-16(3)12(17)13(11(14)19)5-9-18-10-6-13/h4-10H2,1-3H3,(H2,14,19). The lowest BCUT2D eigenvalue weighted by Crippen LogP contribution is -2.52. The minimum atomic E-state index is -0.694. The minimum absolute atomic E-state index is 0.0436. The summed E-state index contributed by atoms with van der Waals surface area (Å²) in [6.45, 7) is 2.78. The van der Waals surface area contributed by atoms with Crippen LogP contribution in [0.1, 0.15) is 19.3 Å². The van der Waals surface area contributed by atoms with Crippen LogP contribution >= 0.6 is 12.2 Å². The highest BCUT2D eigenvalue weighted by molar-refractivity contribution is 7.80. The van der Waals surface area contributed by atoms with Crippen molar-refractivity contribution in [2.45, 2.75) is 19.3 Å². The first-order valence-corrected chi connectivity index (χ1v) is 7.09. The Kier molecular flexibility index (Phi) is 6.16. The number of nitrogens with two attached hydrogens (primary N) is 1. The topological polar surface area (TPSA) is 58.8 Å². The summed E-state index contributed by atoms with van der Waals surface area (Å²) in [5.74, 6) is 0.0436. The Labute approximate surface area is 121 Å². The molecule has 0 aromatic carbocycles. The van der Waals surface area contributed by atoms with Gasteiger partial charge < -0.3 is 20.3 Å². The molecular weight excluding hydrogens is 262 g/mol. The average molecular weight is 287 g/mol. The van der Waals surface area contributed by atoms with Crippen LogP contribution in [0.3, 0.4) is 0 Å². The maximum absolute atomic E-state index is 12.6. The zero-order valence-electron chi connectivity index (χ0n) is 12.1. The van der Waals surface area contributed by atoms with E-state index in [9.17, 15) is 4.79 Å². The fourth-order valence-corrected chi connectivity index (χ4v) is 2.67. The average Bonchev–Trinajstić information content (AvgIpc) is 2.37. The smallest absolute Gasteiger partial charge is 0.235 e. The summed E-state index contributed by atoms with van der Waals surface area (Å²) in [7, 11) is 5.88. The Morgan fingerprint density at radius 2 is 1.84 bits per heavy atom. The minimum Gasteiger partial charge on any atom is -0.392 e. The van der Waals surface area contributed by atoms with Crippen LogP contribution in [-0.4, -0.2) is 68.1 Å². The lowest BCUT2D eigenvalue weighted by Gasteiger charge is -2.37. The lowest BCUT2D eigenvalue weighted by molar-refractivity contribution is -0.141. The Hall–Kier alpha value is -0.720. The normalized spacial score (nSPS) is 18.3. The summed E-state index contributed by atoms with van der Waals surface area (Å²) in [6.07, 6.45) is 2.14. The van der Waals surface area contributed by atoms with E-state index in [0.717, 1.165) is 19.5 Å². The van der Waals surface area contributed by atoms with Gasteiger partial charge in [0.05, 0.1) is 4.99 Å². The molecule has 1 aliphatic rings. The van der Waals surface area contributed by atoms with Crippen LogP contribution in [0.15, 0.2) is 0 Å². The number of carbonyl (C=O) groups excluding carboxylic acids is 1. The van der Waals surface area contributed by atoms with Crippen LogP contribution in [0.4, 0.5) is 0 Å². The van der Waals surface area contributed by atoms with Gasteiger partial charge in [0.2, 0.25) is 5.91 Å². The summed E-state index contributed by atoms with van der Waals surface area (Å²) in [5, 5.41) is 0. The maximum atomic E-state index is 12.6. The molecule has 1 fully saturated rings. The molecule has 0 saturated carbocycles. The Morgan fingerprint density at radius 1 is 1.26 bits per heavy atom. The van der Waals surface area contributed by atoms with Gasteiger partial charge in [-0.1, -0.05) is 12.2 Å². The third-order valence-electron chi connectivity index (χ3n) is 3.67. The fourth-order valence-electron chi connectivity index (χ4n) is 2.38. The van der Waals surface area contributed by atoms with Crippen molar-refractivity contribution in [3.63, 3.8) is 0 Å². The van der Waals surface area contributed by atoms with Crippen molar-refractivity contribution in [3.8, 4) is 0 Å². The molecule has 0 aromatic heterocycles. The Balaban J connectivity index is 2.63. The molecule has 0 radical (unpaired) electrons. The number of carbonyl (C=O) groups is 1. The van der Waals surface area contributed by atoms with Gasteiger partial charge in [0.15, 0.2) is 0 Å². The third-order valence-corrected chi connectivity index (χ3v) is 4.06. The van der Waals surface area contributed by atoms with E-state index < -0.39 is 5.41 Å². The second-order valence-corrected chi connectivity index (χ2v) is 5.88. The van der Waals surface area contributed by atoms with Crippen molar-refractivity contribution in [2.24, 2.45) is 11.1 Å². The first-order chi connectivity index (χ1) is 8.90. The molecule has 19 heavy (non-hydrogen) atoms. The summed E-state index contributed by atoms with van der Waals surface area (Å²) in [6, 6.07) is 0. The quantitative estimate of drug-likeness (QED) is 0.720. The summed E-state index contributed by atoms with van der Waals surface area (Å²) in [4.78, 5) is 16.8. The molecule has 0 aromatic rings. The molecule has 1 rings (SSSR count). The molecule has 1 aliphatic heterocycles. The molecular formula is C13H25N3O2S. The van der Waals surface area contributed by atoms with E-state index in [0.29, 0.717) is 31.0 Å². The molecule has 2 N–H and O–H groups in total. The molecule has 1 amide bonds. The molecule has 1 saturated heterocycles. The van der Waals surface area contributed by atoms with Crippen LogP contribution in [0.25, 0.3) is 0 Å². The molecule has 0 spiro atoms. The van der Waals surface area contributed by atoms with Crippen molar-refractivity contribution in [2.75, 3.05) is 47.4 Å². The molecule has 6 heteroatoms. The largest absolute Gasteiger partial charge is 0.392 e. The van der Waals surface area contributed by atoms with Crippen LogP contribution in [0.5, 0.6) is 0 Å². The van der Waals surface area contributed by atoms with E-state index in [1.165, 1.54) is 0 Å². The molecule has 1 heterocycles. The van der Waals surface area contributed by atoms with Gasteiger partial charge in [0.25, 0.3) is 0 Å². The van der Waals surface area contributed by atoms with Crippen molar-refractivity contribution in [1.29, 1.82) is 0 Å². The van der Waals surface area contributed by atoms with Crippen LogP contribution < -0.4 is 5.73 Å². The van der Waals surface area contributed by atoms with Crippen molar-refractivity contribution < 1.29 is 9.53 Å². The van der Waals surface area contributed by atoms with Gasteiger partial charge in [-0.05, 0) is 39.9 Å². The van der Waals surface area contributed by atoms with E-state index in [1.807, 2.05) is 21.1 Å². The van der Waals surface area contributed by atoms with Gasteiger partial charge in [0.1, 0.15) is 5.41 Å². The Morgan fingerprint density at radius 3 is 2.32 bits per heavy atom. The van der Waals surface area contributed by atoms with Crippen molar-refractivity contribution in [1.82, 2.24) is 9.80 Å². The van der Waals surface area contributed by atoms with Gasteiger partial charge in [0, 0.05) is 26.8 Å². The first-order valence-electron chi connectivity index (χ1n) is 6.68. The van der Waals surface area contributed by atoms with Gasteiger partial charge in [-0.25, -0.2) is 0 Å². The molecule has 0 atom stereocenters. The van der Waals surface area contributed by atoms with E-state index in [-0.39, 0.29) is 5.91 Å². The fraction of sp³-hybridized carbons (Fsp3) is 0.846. The van der Waals surface area contributed by atoms with E-state index in [1.54, 1.807) is 4.90 Å². The number of amides is 1. The molecule has 0 aliphatic carbocycles. The number of thiocarbonyl (C=S) groups is 1. The zero-order valence-corrected chi connectivity index (χ0v) is 13.0. The Bertz CT molecular complexity index is 328. The number of nitrogens with zero attached hydrogens (tertiary/aromatic N) is 2. The second kappa shape index (κ2) is 7.17. The van der Waals surface area contributed by atoms with Gasteiger partial charge in [-0.3, -0.25) is 4.79 Å². The molecule has 110 valence electrons. The monoisotopic (exact) mass is 287 g/mol. The van der Waals surface area contributed by atoms with Crippen LogP contribution in [0, 0.1) is 5.41 Å². The predicted octanol–water partition coefficient (Wildman–Crippen LogP) is 0.479. The van der Waals surface area contributed by atoms with E-state index in [2.05, 4.69) is 4.90 Å². The van der Waals surface area contributed by atoms with E-state index in [4.69, 9.17) is 22.7 Å². The van der Waals surface area contributed by atoms with Crippen LogP contribution in [-0.2, 0) is 9.53 Å².